The molecule has 1 aromatic carbocycles. The summed E-state index contributed by atoms with van der Waals surface area (Å²) in [6.07, 6.45) is 1.97. The van der Waals surface area contributed by atoms with E-state index in [2.05, 4.69) is 0 Å². The van der Waals surface area contributed by atoms with E-state index in [1.165, 1.54) is 0 Å². The number of hydrogen-bond donors (Lipinski definition) is 0. The average Bonchev–Trinajstić information content (AvgIpc) is 2.53. The third kappa shape index (κ3) is 1.36. The van der Waals surface area contributed by atoms with Crippen LogP contribution in [0.25, 0.3) is 0 Å². The van der Waals surface area contributed by atoms with Gasteiger partial charge in [0.2, 0.25) is 0 Å². The molecule has 0 amide bonds. The largest absolute Gasteiger partial charge is 0.246 e. The van der Waals surface area contributed by atoms with Crippen molar-refractivity contribution in [3.8, 4) is 0 Å². The number of hydrogen-bond acceptors (Lipinski definition) is 0. The van der Waals surface area contributed by atoms with Crippen molar-refractivity contribution >= 4 is 0 Å². The van der Waals surface area contributed by atoms with Crippen molar-refractivity contribution in [1.29, 1.82) is 0 Å². The summed E-state index contributed by atoms with van der Waals surface area (Å²) >= 11 is 0. The summed E-state index contributed by atoms with van der Waals surface area (Å²) in [4.78, 5) is 0. The molecular formula is C11H12F. The first kappa shape index (κ1) is 7.78. The van der Waals surface area contributed by atoms with Crippen LogP contribution >= 0.6 is 0 Å². The van der Waals surface area contributed by atoms with Gasteiger partial charge in [-0.25, -0.2) is 4.39 Å². The molecule has 1 unspecified atom stereocenters. The van der Waals surface area contributed by atoms with E-state index in [1.807, 2.05) is 30.3 Å². The molecule has 63 valence electrons. The van der Waals surface area contributed by atoms with Gasteiger partial charge in [-0.3, -0.25) is 0 Å². The molecule has 0 heterocycles. The van der Waals surface area contributed by atoms with E-state index < -0.39 is 6.17 Å². The molecule has 0 saturated heterocycles. The molecule has 1 fully saturated rings. The fraction of sp³-hybridized carbons (Fsp3) is 0.364. The van der Waals surface area contributed by atoms with E-state index >= 15 is 0 Å². The van der Waals surface area contributed by atoms with Crippen molar-refractivity contribution in [3.05, 3.63) is 41.8 Å². The summed E-state index contributed by atoms with van der Waals surface area (Å²) in [6, 6.07) is 9.88. The maximum Gasteiger partial charge on any atom is 0.111 e. The molecule has 2 rings (SSSR count). The van der Waals surface area contributed by atoms with Crippen LogP contribution in [-0.2, 0) is 0 Å². The molecule has 0 spiro atoms. The molecular weight excluding hydrogens is 151 g/mol. The Morgan fingerprint density at radius 3 is 2.50 bits per heavy atom. The van der Waals surface area contributed by atoms with E-state index in [-0.39, 0.29) is 0 Å². The van der Waals surface area contributed by atoms with Crippen molar-refractivity contribution in [2.45, 2.75) is 25.4 Å². The molecule has 0 nitrogen and oxygen atoms in total. The van der Waals surface area contributed by atoms with E-state index in [0.717, 1.165) is 24.3 Å². The average molecular weight is 163 g/mol. The first-order valence-electron chi connectivity index (χ1n) is 4.43. The van der Waals surface area contributed by atoms with Gasteiger partial charge in [0, 0.05) is 5.92 Å². The van der Waals surface area contributed by atoms with Crippen molar-refractivity contribution in [2.24, 2.45) is 0 Å². The maximum atomic E-state index is 13.2. The van der Waals surface area contributed by atoms with Crippen LogP contribution in [0, 0.1) is 5.92 Å². The second-order valence-corrected chi connectivity index (χ2v) is 3.25. The van der Waals surface area contributed by atoms with Crippen LogP contribution in [0.1, 0.15) is 24.8 Å². The Hall–Kier alpha value is -0.850. The molecule has 1 saturated carbocycles. The van der Waals surface area contributed by atoms with Gasteiger partial charge in [0.05, 0.1) is 0 Å². The summed E-state index contributed by atoms with van der Waals surface area (Å²) in [5.74, 6) is 0.996. The highest BCUT2D eigenvalue weighted by Gasteiger charge is 2.28. The first-order chi connectivity index (χ1) is 5.88. The van der Waals surface area contributed by atoms with E-state index in [1.54, 1.807) is 0 Å². The zero-order valence-corrected chi connectivity index (χ0v) is 6.96. The Kier molecular flexibility index (Phi) is 2.11. The van der Waals surface area contributed by atoms with Crippen molar-refractivity contribution in [2.75, 3.05) is 0 Å². The second-order valence-electron chi connectivity index (χ2n) is 3.25. The van der Waals surface area contributed by atoms with Crippen LogP contribution in [0.15, 0.2) is 30.3 Å². The maximum absolute atomic E-state index is 13.2. The quantitative estimate of drug-likeness (QED) is 0.596. The number of halogens is 1. The van der Waals surface area contributed by atoms with Gasteiger partial charge in [0.25, 0.3) is 0 Å². The molecule has 12 heavy (non-hydrogen) atoms. The SMILES string of the molecule is FC1CCC[C]1c1ccccc1. The Bertz CT molecular complexity index is 242. The van der Waals surface area contributed by atoms with Gasteiger partial charge < -0.3 is 0 Å². The van der Waals surface area contributed by atoms with Gasteiger partial charge in [0.15, 0.2) is 0 Å². The topological polar surface area (TPSA) is 0 Å². The zero-order valence-electron chi connectivity index (χ0n) is 6.96. The molecule has 1 aliphatic rings. The van der Waals surface area contributed by atoms with Crippen LogP contribution in [0.2, 0.25) is 0 Å². The smallest absolute Gasteiger partial charge is 0.111 e. The van der Waals surface area contributed by atoms with Gasteiger partial charge in [-0.05, 0) is 24.8 Å². The van der Waals surface area contributed by atoms with Gasteiger partial charge in [-0.15, -0.1) is 0 Å². The summed E-state index contributed by atoms with van der Waals surface area (Å²) in [7, 11) is 0. The number of rotatable bonds is 1. The van der Waals surface area contributed by atoms with E-state index in [4.69, 9.17) is 0 Å². The lowest BCUT2D eigenvalue weighted by Gasteiger charge is -2.11. The zero-order chi connectivity index (χ0) is 8.39. The molecule has 1 radical (unpaired) electrons. The lowest BCUT2D eigenvalue weighted by Crippen LogP contribution is -2.06. The van der Waals surface area contributed by atoms with Crippen molar-refractivity contribution in [1.82, 2.24) is 0 Å². The molecule has 1 aromatic rings. The van der Waals surface area contributed by atoms with Crippen LogP contribution in [-0.4, -0.2) is 6.17 Å². The summed E-state index contributed by atoms with van der Waals surface area (Å²) in [6.45, 7) is 0. The van der Waals surface area contributed by atoms with E-state index in [9.17, 15) is 4.39 Å². The monoisotopic (exact) mass is 163 g/mol. The van der Waals surface area contributed by atoms with Crippen LogP contribution in [0.4, 0.5) is 4.39 Å². The fourth-order valence-corrected chi connectivity index (χ4v) is 1.78. The van der Waals surface area contributed by atoms with Gasteiger partial charge in [-0.2, -0.15) is 0 Å². The standard InChI is InChI=1S/C11H12F/c12-11-8-4-7-10(11)9-5-2-1-3-6-9/h1-3,5-6,11H,4,7-8H2. The molecule has 0 aromatic heterocycles. The van der Waals surface area contributed by atoms with Gasteiger partial charge in [-0.1, -0.05) is 30.3 Å². The van der Waals surface area contributed by atoms with Crippen molar-refractivity contribution < 1.29 is 4.39 Å². The molecule has 0 bridgehead atoms. The summed E-state index contributed by atoms with van der Waals surface area (Å²) in [5, 5.41) is 0. The van der Waals surface area contributed by atoms with Crippen LogP contribution in [0.3, 0.4) is 0 Å². The van der Waals surface area contributed by atoms with Crippen LogP contribution in [0.5, 0.6) is 0 Å². The summed E-state index contributed by atoms with van der Waals surface area (Å²) in [5.41, 5.74) is 1.09. The Morgan fingerprint density at radius 2 is 1.92 bits per heavy atom. The minimum atomic E-state index is -0.688. The Balaban J connectivity index is 2.19. The first-order valence-corrected chi connectivity index (χ1v) is 4.43. The highest BCUT2D eigenvalue weighted by Crippen LogP contribution is 2.35. The molecule has 0 N–H and O–H groups in total. The van der Waals surface area contributed by atoms with Gasteiger partial charge >= 0.3 is 0 Å². The number of alkyl halides is 1. The minimum Gasteiger partial charge on any atom is -0.246 e. The molecule has 0 aliphatic heterocycles. The fourth-order valence-electron chi connectivity index (χ4n) is 1.78. The normalized spacial score (nSPS) is 24.6. The molecule has 1 aliphatic carbocycles. The molecule has 1 heteroatoms. The third-order valence-corrected chi connectivity index (χ3v) is 2.43. The lowest BCUT2D eigenvalue weighted by molar-refractivity contribution is 0.368. The predicted octanol–water partition coefficient (Wildman–Crippen LogP) is 3.13. The predicted molar refractivity (Wildman–Crippen MR) is 47.5 cm³/mol. The van der Waals surface area contributed by atoms with Crippen molar-refractivity contribution in [3.63, 3.8) is 0 Å². The van der Waals surface area contributed by atoms with Gasteiger partial charge in [0.1, 0.15) is 6.17 Å². The van der Waals surface area contributed by atoms with Crippen LogP contribution < -0.4 is 0 Å². The Labute approximate surface area is 72.4 Å². The lowest BCUT2D eigenvalue weighted by atomic mass is 9.97. The number of benzene rings is 1. The highest BCUT2D eigenvalue weighted by atomic mass is 19.1. The second kappa shape index (κ2) is 3.26. The minimum absolute atomic E-state index is 0.688. The van der Waals surface area contributed by atoms with E-state index in [0.29, 0.717) is 6.42 Å². The Morgan fingerprint density at radius 1 is 1.17 bits per heavy atom. The third-order valence-electron chi connectivity index (χ3n) is 2.43. The summed E-state index contributed by atoms with van der Waals surface area (Å²) < 4.78 is 13.2. The highest BCUT2D eigenvalue weighted by molar-refractivity contribution is 5.33. The molecule has 1 atom stereocenters.